The molecule has 2 aromatic carbocycles. The van der Waals surface area contributed by atoms with Gasteiger partial charge >= 0.3 is 0 Å². The van der Waals surface area contributed by atoms with E-state index in [1.54, 1.807) is 60.9 Å². The molecule has 1 N–H and O–H groups in total. The van der Waals surface area contributed by atoms with E-state index in [0.717, 1.165) is 0 Å². The van der Waals surface area contributed by atoms with Crippen molar-refractivity contribution in [2.45, 2.75) is 11.7 Å². The minimum atomic E-state index is -0.262. The third kappa shape index (κ3) is 4.26. The Morgan fingerprint density at radius 1 is 1.17 bits per heavy atom. The highest BCUT2D eigenvalue weighted by molar-refractivity contribution is 7.99. The van der Waals surface area contributed by atoms with Crippen LogP contribution >= 0.6 is 11.8 Å². The first-order valence-electron chi connectivity index (χ1n) is 9.09. The molecule has 0 spiro atoms. The van der Waals surface area contributed by atoms with Gasteiger partial charge in [0.05, 0.1) is 41.1 Å². The maximum atomic E-state index is 13.0. The second kappa shape index (κ2) is 8.68. The van der Waals surface area contributed by atoms with Gasteiger partial charge in [0.2, 0.25) is 5.91 Å². The predicted octanol–water partition coefficient (Wildman–Crippen LogP) is 3.64. The van der Waals surface area contributed by atoms with Gasteiger partial charge in [-0.25, -0.2) is 4.98 Å². The van der Waals surface area contributed by atoms with Crippen LogP contribution in [0.5, 0.6) is 0 Å². The van der Waals surface area contributed by atoms with Crippen molar-refractivity contribution < 1.29 is 9.21 Å². The van der Waals surface area contributed by atoms with Gasteiger partial charge in [-0.05, 0) is 42.5 Å². The Balaban J connectivity index is 1.58. The second-order valence-electron chi connectivity index (χ2n) is 6.41. The fraction of sp³-hybridized carbons (Fsp3) is 0.0909. The number of rotatable bonds is 6. The molecule has 7 nitrogen and oxygen atoms in total. The van der Waals surface area contributed by atoms with E-state index in [-0.39, 0.29) is 23.8 Å². The van der Waals surface area contributed by atoms with Crippen LogP contribution in [0.25, 0.3) is 10.9 Å². The van der Waals surface area contributed by atoms with E-state index >= 15 is 0 Å². The summed E-state index contributed by atoms with van der Waals surface area (Å²) in [5.74, 6) is 0.413. The van der Waals surface area contributed by atoms with Crippen LogP contribution in [-0.2, 0) is 11.3 Å². The highest BCUT2D eigenvalue weighted by atomic mass is 32.2. The van der Waals surface area contributed by atoms with Crippen LogP contribution in [0.4, 0.5) is 5.69 Å². The fourth-order valence-corrected chi connectivity index (χ4v) is 3.75. The molecule has 0 unspecified atom stereocenters. The number of nitrogens with one attached hydrogen (secondary N) is 1. The van der Waals surface area contributed by atoms with Crippen LogP contribution in [-0.4, -0.2) is 21.2 Å². The van der Waals surface area contributed by atoms with Gasteiger partial charge in [0.25, 0.3) is 5.56 Å². The van der Waals surface area contributed by atoms with Gasteiger partial charge in [0.1, 0.15) is 5.76 Å². The van der Waals surface area contributed by atoms with Gasteiger partial charge in [-0.15, -0.1) is 0 Å². The fourth-order valence-electron chi connectivity index (χ4n) is 2.95. The van der Waals surface area contributed by atoms with Crippen LogP contribution in [0.1, 0.15) is 11.3 Å². The van der Waals surface area contributed by atoms with Crippen molar-refractivity contribution in [3.8, 4) is 6.07 Å². The number of hydrogen-bond donors (Lipinski definition) is 1. The van der Waals surface area contributed by atoms with Crippen molar-refractivity contribution in [1.82, 2.24) is 9.55 Å². The number of thioether (sulfide) groups is 1. The van der Waals surface area contributed by atoms with E-state index in [0.29, 0.717) is 33.1 Å². The minimum absolute atomic E-state index is 0.0553. The van der Waals surface area contributed by atoms with Gasteiger partial charge in [0, 0.05) is 5.69 Å². The maximum Gasteiger partial charge on any atom is 0.262 e. The molecule has 0 bridgehead atoms. The second-order valence-corrected chi connectivity index (χ2v) is 7.35. The number of hydrogen-bond acceptors (Lipinski definition) is 6. The summed E-state index contributed by atoms with van der Waals surface area (Å²) >= 11 is 1.17. The summed E-state index contributed by atoms with van der Waals surface area (Å²) in [5.41, 5.74) is 1.38. The molecule has 1 amide bonds. The third-order valence-corrected chi connectivity index (χ3v) is 5.30. The van der Waals surface area contributed by atoms with Gasteiger partial charge in [0.15, 0.2) is 5.16 Å². The number of carbonyl (C=O) groups excluding carboxylic acids is 1. The van der Waals surface area contributed by atoms with E-state index in [4.69, 9.17) is 9.68 Å². The van der Waals surface area contributed by atoms with Crippen molar-refractivity contribution >= 4 is 34.3 Å². The van der Waals surface area contributed by atoms with Crippen LogP contribution in [0.3, 0.4) is 0 Å². The van der Waals surface area contributed by atoms with Gasteiger partial charge in [-0.3, -0.25) is 14.2 Å². The molecule has 0 atom stereocenters. The largest absolute Gasteiger partial charge is 0.467 e. The van der Waals surface area contributed by atoms with E-state index in [1.165, 1.54) is 16.3 Å². The van der Waals surface area contributed by atoms with Gasteiger partial charge in [-0.1, -0.05) is 30.0 Å². The lowest BCUT2D eigenvalue weighted by molar-refractivity contribution is -0.113. The zero-order chi connectivity index (χ0) is 20.9. The van der Waals surface area contributed by atoms with E-state index in [9.17, 15) is 9.59 Å². The molecular formula is C22H16N4O3S. The quantitative estimate of drug-likeness (QED) is 0.380. The highest BCUT2D eigenvalue weighted by Gasteiger charge is 2.14. The molecule has 2 heterocycles. The zero-order valence-electron chi connectivity index (χ0n) is 15.7. The van der Waals surface area contributed by atoms with E-state index < -0.39 is 0 Å². The topological polar surface area (TPSA) is 101 Å². The summed E-state index contributed by atoms with van der Waals surface area (Å²) in [6.45, 7) is 0.220. The number of furan rings is 1. The SMILES string of the molecule is N#Cc1cccc(NC(=O)CSc2nc3ccccc3c(=O)n2Cc2ccco2)c1. The molecule has 8 heteroatoms. The molecule has 30 heavy (non-hydrogen) atoms. The average molecular weight is 416 g/mol. The number of nitrogens with zero attached hydrogens (tertiary/aromatic N) is 3. The number of benzene rings is 2. The number of carbonyl (C=O) groups is 1. The number of nitriles is 1. The van der Waals surface area contributed by atoms with Crippen molar-refractivity contribution in [2.75, 3.05) is 11.1 Å². The van der Waals surface area contributed by atoms with E-state index in [2.05, 4.69) is 10.3 Å². The molecule has 0 aliphatic rings. The van der Waals surface area contributed by atoms with Crippen molar-refractivity contribution in [1.29, 1.82) is 5.26 Å². The van der Waals surface area contributed by atoms with Gasteiger partial charge < -0.3 is 9.73 Å². The molecular weight excluding hydrogens is 400 g/mol. The van der Waals surface area contributed by atoms with Crippen molar-refractivity contribution in [3.63, 3.8) is 0 Å². The third-order valence-electron chi connectivity index (χ3n) is 4.33. The summed E-state index contributed by atoms with van der Waals surface area (Å²) in [6.07, 6.45) is 1.55. The van der Waals surface area contributed by atoms with Crippen LogP contribution in [0.15, 0.2) is 81.3 Å². The molecule has 0 saturated carbocycles. The normalized spacial score (nSPS) is 10.6. The van der Waals surface area contributed by atoms with Crippen LogP contribution in [0, 0.1) is 11.3 Å². The van der Waals surface area contributed by atoms with Crippen molar-refractivity contribution in [2.24, 2.45) is 0 Å². The molecule has 0 aliphatic carbocycles. The predicted molar refractivity (Wildman–Crippen MR) is 114 cm³/mol. The Bertz CT molecular complexity index is 1310. The highest BCUT2D eigenvalue weighted by Crippen LogP contribution is 2.20. The van der Waals surface area contributed by atoms with Crippen molar-refractivity contribution in [3.05, 3.63) is 88.6 Å². The molecule has 0 aliphatic heterocycles. The molecule has 148 valence electrons. The summed E-state index contributed by atoms with van der Waals surface area (Å²) in [6, 6.07) is 19.4. The van der Waals surface area contributed by atoms with Crippen LogP contribution in [0.2, 0.25) is 0 Å². The Morgan fingerprint density at radius 3 is 2.83 bits per heavy atom. The number of anilines is 1. The van der Waals surface area contributed by atoms with Crippen LogP contribution < -0.4 is 10.9 Å². The Hall–Kier alpha value is -3.83. The lowest BCUT2D eigenvalue weighted by atomic mass is 10.2. The summed E-state index contributed by atoms with van der Waals surface area (Å²) in [7, 11) is 0. The molecule has 4 aromatic rings. The van der Waals surface area contributed by atoms with Gasteiger partial charge in [-0.2, -0.15) is 5.26 Å². The first-order chi connectivity index (χ1) is 14.6. The van der Waals surface area contributed by atoms with E-state index in [1.807, 2.05) is 12.1 Å². The minimum Gasteiger partial charge on any atom is -0.467 e. The standard InChI is InChI=1S/C22H16N4O3S/c23-12-15-5-3-6-16(11-15)24-20(27)14-30-22-25-19-9-2-1-8-18(19)21(28)26(22)13-17-7-4-10-29-17/h1-11H,13-14H2,(H,24,27). The average Bonchev–Trinajstić information content (AvgIpc) is 3.28. The first-order valence-corrected chi connectivity index (χ1v) is 10.1. The summed E-state index contributed by atoms with van der Waals surface area (Å²) in [4.78, 5) is 30.0. The summed E-state index contributed by atoms with van der Waals surface area (Å²) in [5, 5.41) is 12.7. The molecule has 0 saturated heterocycles. The lowest BCUT2D eigenvalue weighted by Crippen LogP contribution is -2.24. The number of para-hydroxylation sites is 1. The molecule has 2 aromatic heterocycles. The zero-order valence-corrected chi connectivity index (χ0v) is 16.6. The Kier molecular flexibility index (Phi) is 5.63. The number of amides is 1. The molecule has 4 rings (SSSR count). The Morgan fingerprint density at radius 2 is 2.03 bits per heavy atom. The summed E-state index contributed by atoms with van der Waals surface area (Å²) < 4.78 is 6.89. The number of aromatic nitrogens is 2. The lowest BCUT2D eigenvalue weighted by Gasteiger charge is -2.12. The molecule has 0 fully saturated rings. The Labute approximate surface area is 176 Å². The maximum absolute atomic E-state index is 13.0. The smallest absolute Gasteiger partial charge is 0.262 e. The molecule has 0 radical (unpaired) electrons. The first kappa shape index (κ1) is 19.5. The monoisotopic (exact) mass is 416 g/mol. The number of fused-ring (bicyclic) bond motifs is 1.